The van der Waals surface area contributed by atoms with Crippen LogP contribution in [-0.2, 0) is 14.9 Å². The van der Waals surface area contributed by atoms with E-state index in [9.17, 15) is 13.2 Å². The molecular formula is C8H18N2O5S2. The molecule has 0 rings (SSSR count). The molecule has 9 heteroatoms. The van der Waals surface area contributed by atoms with Crippen LogP contribution in [-0.4, -0.2) is 50.4 Å². The lowest BCUT2D eigenvalue weighted by molar-refractivity contribution is 0.158. The van der Waals surface area contributed by atoms with Gasteiger partial charge in [0.25, 0.3) is 0 Å². The summed E-state index contributed by atoms with van der Waals surface area (Å²) < 4.78 is 31.3. The maximum absolute atomic E-state index is 11.4. The molecule has 0 fully saturated rings. The van der Waals surface area contributed by atoms with Gasteiger partial charge in [-0.25, -0.2) is 9.52 Å². The highest BCUT2D eigenvalue weighted by molar-refractivity contribution is 7.99. The minimum Gasteiger partial charge on any atom is -0.449 e. The van der Waals surface area contributed by atoms with Crippen molar-refractivity contribution in [1.29, 1.82) is 0 Å². The van der Waals surface area contributed by atoms with Crippen LogP contribution >= 0.6 is 11.8 Å². The van der Waals surface area contributed by atoms with E-state index >= 15 is 0 Å². The lowest BCUT2D eigenvalue weighted by atomic mass is 10.3. The van der Waals surface area contributed by atoms with E-state index in [4.69, 9.17) is 5.11 Å². The van der Waals surface area contributed by atoms with E-state index in [0.717, 1.165) is 0 Å². The van der Waals surface area contributed by atoms with Gasteiger partial charge in [-0.2, -0.15) is 24.9 Å². The molecule has 0 saturated heterocycles. The normalized spacial score (nSPS) is 15.1. The molecule has 17 heavy (non-hydrogen) atoms. The Balaban J connectivity index is 4.39. The van der Waals surface area contributed by atoms with Crippen molar-refractivity contribution in [2.45, 2.75) is 25.1 Å². The molecule has 2 atom stereocenters. The number of hydrogen-bond acceptors (Lipinski definition) is 6. The minimum absolute atomic E-state index is 0.0843. The third-order valence-electron chi connectivity index (χ3n) is 1.87. The summed E-state index contributed by atoms with van der Waals surface area (Å²) in [6.07, 6.45) is 0.724. The van der Waals surface area contributed by atoms with Crippen LogP contribution in [0.25, 0.3) is 0 Å². The molecule has 0 radical (unpaired) electrons. The standard InChI is InChI=1S/C8H18N2O5S2/c1-4-15-8(12)10-17(13,14)9-6(2)7(5-11)16-3/h6-7,9,11H,4-5H2,1-3H3,(H,10,12). The molecule has 1 amide bonds. The second-order valence-corrected chi connectivity index (χ2v) is 5.71. The predicted molar refractivity (Wildman–Crippen MR) is 66.1 cm³/mol. The first-order chi connectivity index (χ1) is 7.86. The second kappa shape index (κ2) is 7.75. The average molecular weight is 286 g/mol. The molecule has 0 heterocycles. The first kappa shape index (κ1) is 16.5. The fourth-order valence-corrected chi connectivity index (χ4v) is 2.76. The van der Waals surface area contributed by atoms with E-state index in [0.29, 0.717) is 0 Å². The highest BCUT2D eigenvalue weighted by atomic mass is 32.2. The van der Waals surface area contributed by atoms with Crippen LogP contribution in [0.15, 0.2) is 0 Å². The second-order valence-electron chi connectivity index (χ2n) is 3.19. The Bertz CT molecular complexity index is 329. The Kier molecular flexibility index (Phi) is 7.51. The van der Waals surface area contributed by atoms with E-state index in [1.807, 2.05) is 0 Å². The zero-order valence-electron chi connectivity index (χ0n) is 9.97. The van der Waals surface area contributed by atoms with Crippen molar-refractivity contribution in [2.24, 2.45) is 0 Å². The Hall–Kier alpha value is -0.510. The van der Waals surface area contributed by atoms with Gasteiger partial charge < -0.3 is 9.84 Å². The molecule has 0 aliphatic rings. The fraction of sp³-hybridized carbons (Fsp3) is 0.875. The summed E-state index contributed by atoms with van der Waals surface area (Å²) in [7, 11) is -3.97. The van der Waals surface area contributed by atoms with E-state index in [1.165, 1.54) is 11.8 Å². The number of carbonyl (C=O) groups excluding carboxylic acids is 1. The lowest BCUT2D eigenvalue weighted by Crippen LogP contribution is -2.48. The number of aliphatic hydroxyl groups excluding tert-OH is 1. The zero-order chi connectivity index (χ0) is 13.5. The van der Waals surface area contributed by atoms with Crippen molar-refractivity contribution in [3.05, 3.63) is 0 Å². The van der Waals surface area contributed by atoms with Gasteiger partial charge in [0.05, 0.1) is 13.2 Å². The minimum atomic E-state index is -3.97. The maximum Gasteiger partial charge on any atom is 0.421 e. The van der Waals surface area contributed by atoms with Crippen LogP contribution < -0.4 is 9.44 Å². The molecule has 2 unspecified atom stereocenters. The smallest absolute Gasteiger partial charge is 0.421 e. The van der Waals surface area contributed by atoms with Gasteiger partial charge in [-0.3, -0.25) is 0 Å². The summed E-state index contributed by atoms with van der Waals surface area (Å²) in [4.78, 5) is 10.9. The van der Waals surface area contributed by atoms with E-state index in [-0.39, 0.29) is 18.5 Å². The van der Waals surface area contributed by atoms with Gasteiger partial charge in [0.2, 0.25) is 0 Å². The molecule has 0 aliphatic carbocycles. The number of nitrogens with one attached hydrogen (secondary N) is 2. The highest BCUT2D eigenvalue weighted by Gasteiger charge is 2.23. The maximum atomic E-state index is 11.4. The monoisotopic (exact) mass is 286 g/mol. The summed E-state index contributed by atoms with van der Waals surface area (Å²) in [5.41, 5.74) is 0. The molecular weight excluding hydrogens is 268 g/mol. The van der Waals surface area contributed by atoms with E-state index in [1.54, 1.807) is 24.8 Å². The Morgan fingerprint density at radius 3 is 2.53 bits per heavy atom. The number of hydrogen-bond donors (Lipinski definition) is 3. The van der Waals surface area contributed by atoms with Crippen LogP contribution in [0.5, 0.6) is 0 Å². The number of ether oxygens (including phenoxy) is 1. The van der Waals surface area contributed by atoms with E-state index < -0.39 is 22.3 Å². The molecule has 0 aromatic carbocycles. The molecule has 0 saturated carbocycles. The molecule has 0 aromatic rings. The number of carbonyl (C=O) groups is 1. The van der Waals surface area contributed by atoms with Crippen LogP contribution in [0.3, 0.4) is 0 Å². The summed E-state index contributed by atoms with van der Waals surface area (Å²) in [5, 5.41) is 8.71. The third-order valence-corrected chi connectivity index (χ3v) is 4.15. The number of rotatable bonds is 7. The van der Waals surface area contributed by atoms with Crippen molar-refractivity contribution in [2.75, 3.05) is 19.5 Å². The van der Waals surface area contributed by atoms with Crippen LogP contribution in [0.2, 0.25) is 0 Å². The van der Waals surface area contributed by atoms with Gasteiger partial charge in [0.1, 0.15) is 0 Å². The van der Waals surface area contributed by atoms with Gasteiger partial charge in [0, 0.05) is 11.3 Å². The zero-order valence-corrected chi connectivity index (χ0v) is 11.6. The molecule has 0 bridgehead atoms. The topological polar surface area (TPSA) is 105 Å². The third kappa shape index (κ3) is 6.71. The summed E-state index contributed by atoms with van der Waals surface area (Å²) >= 11 is 1.33. The van der Waals surface area contributed by atoms with Crippen LogP contribution in [0.1, 0.15) is 13.8 Å². The van der Waals surface area contributed by atoms with Crippen molar-refractivity contribution in [3.63, 3.8) is 0 Å². The Morgan fingerprint density at radius 2 is 2.12 bits per heavy atom. The summed E-state index contributed by atoms with van der Waals surface area (Å²) in [5.74, 6) is 0. The summed E-state index contributed by atoms with van der Waals surface area (Å²) in [6, 6.07) is -0.512. The van der Waals surface area contributed by atoms with Gasteiger partial charge in [-0.15, -0.1) is 0 Å². The summed E-state index contributed by atoms with van der Waals surface area (Å²) in [6.45, 7) is 3.09. The highest BCUT2D eigenvalue weighted by Crippen LogP contribution is 2.10. The van der Waals surface area contributed by atoms with Crippen molar-refractivity contribution in [3.8, 4) is 0 Å². The van der Waals surface area contributed by atoms with E-state index in [2.05, 4.69) is 9.46 Å². The number of aliphatic hydroxyl groups is 1. The van der Waals surface area contributed by atoms with Gasteiger partial charge in [-0.1, -0.05) is 0 Å². The molecule has 3 N–H and O–H groups in total. The predicted octanol–water partition coefficient (Wildman–Crippen LogP) is -0.321. The number of amides is 1. The molecule has 0 spiro atoms. The molecule has 0 aliphatic heterocycles. The molecule has 7 nitrogen and oxygen atoms in total. The Morgan fingerprint density at radius 1 is 1.53 bits per heavy atom. The molecule has 0 aromatic heterocycles. The average Bonchev–Trinajstić information content (AvgIpc) is 2.17. The largest absolute Gasteiger partial charge is 0.449 e. The van der Waals surface area contributed by atoms with Crippen molar-refractivity contribution >= 4 is 28.1 Å². The SMILES string of the molecule is CCOC(=O)NS(=O)(=O)NC(C)C(CO)SC. The lowest BCUT2D eigenvalue weighted by Gasteiger charge is -2.20. The van der Waals surface area contributed by atoms with Crippen molar-refractivity contribution in [1.82, 2.24) is 9.44 Å². The van der Waals surface area contributed by atoms with Gasteiger partial charge in [-0.05, 0) is 20.1 Å². The first-order valence-corrected chi connectivity index (χ1v) is 7.73. The fourth-order valence-electron chi connectivity index (χ4n) is 1.06. The van der Waals surface area contributed by atoms with Crippen LogP contribution in [0, 0.1) is 0 Å². The van der Waals surface area contributed by atoms with Gasteiger partial charge in [0.15, 0.2) is 0 Å². The quantitative estimate of drug-likeness (QED) is 0.592. The van der Waals surface area contributed by atoms with Gasteiger partial charge >= 0.3 is 16.3 Å². The Labute approximate surface area is 105 Å². The van der Waals surface area contributed by atoms with Crippen molar-refractivity contribution < 1.29 is 23.1 Å². The number of thioether (sulfide) groups is 1. The van der Waals surface area contributed by atoms with Crippen LogP contribution in [0.4, 0.5) is 4.79 Å². The first-order valence-electron chi connectivity index (χ1n) is 4.96. The molecule has 102 valence electrons.